The second-order valence-corrected chi connectivity index (χ2v) is 5.52. The average Bonchev–Trinajstić information content (AvgIpc) is 1.59. The third kappa shape index (κ3) is 7.63. The molecule has 0 N–H and O–H groups in total. The van der Waals surface area contributed by atoms with Gasteiger partial charge in [-0.2, -0.15) is 0 Å². The Labute approximate surface area is 77.3 Å². The molecule has 1 nitrogen and oxygen atoms in total. The summed E-state index contributed by atoms with van der Waals surface area (Å²) in [5, 5.41) is 0. The van der Waals surface area contributed by atoms with E-state index in [1.807, 2.05) is 0 Å². The van der Waals surface area contributed by atoms with Crippen molar-refractivity contribution >= 4 is 57.7 Å². The molecule has 0 fully saturated rings. The molecule has 0 saturated heterocycles. The van der Waals surface area contributed by atoms with Gasteiger partial charge in [0.25, 0.3) is 0 Å². The summed E-state index contributed by atoms with van der Waals surface area (Å²) in [5.41, 5.74) is 0. The van der Waals surface area contributed by atoms with Gasteiger partial charge in [-0.3, -0.25) is 0 Å². The number of halogens is 3. The standard InChI is InChI=1S/C3H4Cl3O.Sn.3H/c4-3(5,6)1-2-7;;;;/h1-2H2;;;;/q-1;+1;;;. The van der Waals surface area contributed by atoms with Crippen LogP contribution in [0, 0.1) is 0 Å². The van der Waals surface area contributed by atoms with Gasteiger partial charge in [-0.15, -0.1) is 0 Å². The summed E-state index contributed by atoms with van der Waals surface area (Å²) >= 11 is 16.4. The molecule has 50 valence electrons. The summed E-state index contributed by atoms with van der Waals surface area (Å²) in [4.78, 5) is 0. The third-order valence-corrected chi connectivity index (χ3v) is 2.32. The molecule has 0 spiro atoms. The Kier molecular flexibility index (Phi) is 5.35. The molecule has 0 rings (SSSR count). The van der Waals surface area contributed by atoms with Gasteiger partial charge in [0.2, 0.25) is 0 Å². The Hall–Kier alpha value is 1.63. The summed E-state index contributed by atoms with van der Waals surface area (Å²) in [6, 6.07) is 0. The van der Waals surface area contributed by atoms with Crippen LogP contribution in [-0.4, -0.2) is 33.3 Å². The topological polar surface area (TPSA) is 9.23 Å². The van der Waals surface area contributed by atoms with Gasteiger partial charge in [0.1, 0.15) is 0 Å². The molecule has 0 amide bonds. The van der Waals surface area contributed by atoms with E-state index in [4.69, 9.17) is 37.9 Å². The fourth-order valence-corrected chi connectivity index (χ4v) is 1.03. The fourth-order valence-electron chi connectivity index (χ4n) is 0.218. The molecule has 0 aromatic rings. The normalized spacial score (nSPS) is 12.4. The van der Waals surface area contributed by atoms with Crippen molar-refractivity contribution in [2.75, 3.05) is 6.61 Å². The number of alkyl halides is 3. The molecule has 5 heteroatoms. The van der Waals surface area contributed by atoms with Crippen LogP contribution < -0.4 is 0 Å². The first kappa shape index (κ1) is 9.63. The van der Waals surface area contributed by atoms with Gasteiger partial charge in [0.05, 0.1) is 0 Å². The molecule has 0 aliphatic heterocycles. The van der Waals surface area contributed by atoms with Crippen LogP contribution >= 0.6 is 34.8 Å². The molecule has 0 aromatic heterocycles. The minimum absolute atomic E-state index is 0.266. The van der Waals surface area contributed by atoms with Crippen LogP contribution in [0.3, 0.4) is 0 Å². The Bertz CT molecular complexity index is 62.0. The van der Waals surface area contributed by atoms with E-state index < -0.39 is 3.79 Å². The number of hydrogen-bond acceptors (Lipinski definition) is 1. The van der Waals surface area contributed by atoms with E-state index in [1.165, 1.54) is 0 Å². The third-order valence-electron chi connectivity index (χ3n) is 0.590. The average molecular weight is 284 g/mol. The molecular formula is C3H7Cl3OSn. The van der Waals surface area contributed by atoms with Crippen molar-refractivity contribution in [2.24, 2.45) is 0 Å². The molecular weight excluding hydrogens is 277 g/mol. The van der Waals surface area contributed by atoms with Crippen molar-refractivity contribution in [3.63, 3.8) is 0 Å². The van der Waals surface area contributed by atoms with Gasteiger partial charge in [0, 0.05) is 0 Å². The molecule has 0 aliphatic rings. The van der Waals surface area contributed by atoms with E-state index in [9.17, 15) is 0 Å². The van der Waals surface area contributed by atoms with Crippen molar-refractivity contribution < 1.29 is 3.07 Å². The molecule has 8 heavy (non-hydrogen) atoms. The molecule has 0 aromatic carbocycles. The maximum absolute atomic E-state index is 5.39. The quantitative estimate of drug-likeness (QED) is 0.544. The first-order valence-corrected chi connectivity index (χ1v) is 5.58. The monoisotopic (exact) mass is 284 g/mol. The Morgan fingerprint density at radius 2 is 1.88 bits per heavy atom. The molecule has 0 atom stereocenters. The SMILES string of the molecule is ClC(Cl)(Cl)CC[O][SnH3]. The summed E-state index contributed by atoms with van der Waals surface area (Å²) in [6.45, 7) is 0.576. The molecule has 0 saturated carbocycles. The molecule has 0 radical (unpaired) electrons. The van der Waals surface area contributed by atoms with E-state index in [0.29, 0.717) is 13.0 Å². The van der Waals surface area contributed by atoms with Gasteiger partial charge >= 0.3 is 77.6 Å². The maximum atomic E-state index is 5.39. The summed E-state index contributed by atoms with van der Waals surface area (Å²) in [6.07, 6.45) is 0.491. The van der Waals surface area contributed by atoms with E-state index >= 15 is 0 Å². The van der Waals surface area contributed by atoms with Crippen LogP contribution in [0.4, 0.5) is 0 Å². The van der Waals surface area contributed by atoms with Crippen molar-refractivity contribution in [1.29, 1.82) is 0 Å². The van der Waals surface area contributed by atoms with Crippen molar-refractivity contribution in [3.05, 3.63) is 0 Å². The summed E-state index contributed by atoms with van der Waals surface area (Å²) in [7, 11) is 0. The van der Waals surface area contributed by atoms with Crippen molar-refractivity contribution in [3.8, 4) is 0 Å². The van der Waals surface area contributed by atoms with Gasteiger partial charge in [-0.05, 0) is 0 Å². The second-order valence-electron chi connectivity index (χ2n) is 1.36. The Morgan fingerprint density at radius 3 is 2.00 bits per heavy atom. The van der Waals surface area contributed by atoms with Crippen LogP contribution in [0.15, 0.2) is 0 Å². The van der Waals surface area contributed by atoms with E-state index in [1.54, 1.807) is 0 Å². The second kappa shape index (κ2) is 4.45. The van der Waals surface area contributed by atoms with Crippen molar-refractivity contribution in [2.45, 2.75) is 10.2 Å². The first-order chi connectivity index (χ1) is 3.56. The van der Waals surface area contributed by atoms with Gasteiger partial charge in [-0.25, -0.2) is 0 Å². The predicted octanol–water partition coefficient (Wildman–Crippen LogP) is 1.04. The van der Waals surface area contributed by atoms with Gasteiger partial charge in [-0.1, -0.05) is 0 Å². The van der Waals surface area contributed by atoms with E-state index in [-0.39, 0.29) is 22.9 Å². The van der Waals surface area contributed by atoms with Gasteiger partial charge in [0.15, 0.2) is 0 Å². The summed E-state index contributed by atoms with van der Waals surface area (Å²) in [5.74, 6) is 0. The Balaban J connectivity index is 3.11. The van der Waals surface area contributed by atoms with Gasteiger partial charge < -0.3 is 0 Å². The first-order valence-electron chi connectivity index (χ1n) is 2.12. The number of rotatable bonds is 2. The van der Waals surface area contributed by atoms with Crippen LogP contribution in [0.1, 0.15) is 6.42 Å². The minimum atomic E-state index is -1.12. The van der Waals surface area contributed by atoms with Crippen LogP contribution in [0.25, 0.3) is 0 Å². The zero-order valence-electron chi connectivity index (χ0n) is 4.46. The molecule has 0 unspecified atom stereocenters. The molecule has 0 aliphatic carbocycles. The van der Waals surface area contributed by atoms with Crippen LogP contribution in [0.2, 0.25) is 0 Å². The van der Waals surface area contributed by atoms with E-state index in [0.717, 1.165) is 0 Å². The Morgan fingerprint density at radius 1 is 1.38 bits per heavy atom. The predicted molar refractivity (Wildman–Crippen MR) is 40.8 cm³/mol. The zero-order valence-corrected chi connectivity index (χ0v) is 12.4. The van der Waals surface area contributed by atoms with Crippen molar-refractivity contribution in [1.82, 2.24) is 0 Å². The molecule has 0 bridgehead atoms. The fraction of sp³-hybridized carbons (Fsp3) is 1.00. The van der Waals surface area contributed by atoms with Crippen LogP contribution in [-0.2, 0) is 3.07 Å². The van der Waals surface area contributed by atoms with E-state index in [2.05, 4.69) is 0 Å². The molecule has 0 heterocycles. The summed E-state index contributed by atoms with van der Waals surface area (Å²) < 4.78 is 3.75. The number of hydrogen-bond donors (Lipinski definition) is 0. The zero-order chi connectivity index (χ0) is 6.62. The van der Waals surface area contributed by atoms with Crippen LogP contribution in [0.5, 0.6) is 0 Å².